The van der Waals surface area contributed by atoms with E-state index >= 15 is 0 Å². The van der Waals surface area contributed by atoms with Crippen LogP contribution in [0.25, 0.3) is 0 Å². The molecular weight excluding hydrogens is 254 g/mol. The van der Waals surface area contributed by atoms with Gasteiger partial charge in [-0.2, -0.15) is 0 Å². The molecule has 1 amide bonds. The van der Waals surface area contributed by atoms with Crippen LogP contribution in [0.4, 0.5) is 5.13 Å². The molecule has 6 nitrogen and oxygen atoms in total. The topological polar surface area (TPSA) is 71.5 Å². The average molecular weight is 271 g/mol. The van der Waals surface area contributed by atoms with Crippen LogP contribution in [0.5, 0.6) is 0 Å². The third-order valence-corrected chi connectivity index (χ3v) is 2.86. The molecule has 1 N–H and O–H groups in total. The average Bonchev–Trinajstić information content (AvgIpc) is 2.63. The summed E-state index contributed by atoms with van der Waals surface area (Å²) in [6.07, 6.45) is 0. The molecule has 0 saturated heterocycles. The third kappa shape index (κ3) is 5.24. The Morgan fingerprint density at radius 2 is 2.22 bits per heavy atom. The highest BCUT2D eigenvalue weighted by Gasteiger charge is 2.12. The molecule has 0 saturated carbocycles. The smallest absolute Gasteiger partial charge is 0.320 e. The van der Waals surface area contributed by atoms with Gasteiger partial charge >= 0.3 is 5.97 Å². The standard InChI is InChI=1S/C11H17N3O3S/c1-4-17-10(16)6-14(3)5-9(15)13-11-12-8(2)7-18-11/h7H,4-6H2,1-3H3,(H,12,13,15). The van der Waals surface area contributed by atoms with Crippen molar-refractivity contribution in [3.8, 4) is 0 Å². The molecule has 0 bridgehead atoms. The molecule has 0 aliphatic rings. The number of ether oxygens (including phenoxy) is 1. The fraction of sp³-hybridized carbons (Fsp3) is 0.545. The second kappa shape index (κ2) is 7.07. The number of rotatable bonds is 6. The van der Waals surface area contributed by atoms with E-state index in [-0.39, 0.29) is 25.0 Å². The predicted octanol–water partition coefficient (Wildman–Crippen LogP) is 0.885. The van der Waals surface area contributed by atoms with E-state index in [2.05, 4.69) is 10.3 Å². The molecule has 0 unspecified atom stereocenters. The van der Waals surface area contributed by atoms with Gasteiger partial charge in [0.25, 0.3) is 0 Å². The number of likely N-dealkylation sites (N-methyl/N-ethyl adjacent to an activating group) is 1. The first-order chi connectivity index (χ1) is 8.51. The second-order valence-electron chi connectivity index (χ2n) is 3.82. The predicted molar refractivity (Wildman–Crippen MR) is 69.6 cm³/mol. The second-order valence-corrected chi connectivity index (χ2v) is 4.68. The highest BCUT2D eigenvalue weighted by atomic mass is 32.1. The monoisotopic (exact) mass is 271 g/mol. The summed E-state index contributed by atoms with van der Waals surface area (Å²) in [5, 5.41) is 5.10. The highest BCUT2D eigenvalue weighted by molar-refractivity contribution is 7.13. The molecule has 1 rings (SSSR count). The quantitative estimate of drug-likeness (QED) is 0.778. The lowest BCUT2D eigenvalue weighted by atomic mass is 10.5. The number of nitrogens with one attached hydrogen (secondary N) is 1. The van der Waals surface area contributed by atoms with Gasteiger partial charge < -0.3 is 10.1 Å². The number of amides is 1. The Bertz CT molecular complexity index is 419. The summed E-state index contributed by atoms with van der Waals surface area (Å²) in [5.41, 5.74) is 0.871. The van der Waals surface area contributed by atoms with Crippen LogP contribution < -0.4 is 5.32 Å². The van der Waals surface area contributed by atoms with Gasteiger partial charge in [-0.3, -0.25) is 14.5 Å². The minimum absolute atomic E-state index is 0.0954. The van der Waals surface area contributed by atoms with E-state index in [1.807, 2.05) is 12.3 Å². The number of carbonyl (C=O) groups excluding carboxylic acids is 2. The van der Waals surface area contributed by atoms with Crippen LogP contribution in [0.2, 0.25) is 0 Å². The van der Waals surface area contributed by atoms with E-state index in [0.29, 0.717) is 11.7 Å². The zero-order valence-electron chi connectivity index (χ0n) is 10.7. The van der Waals surface area contributed by atoms with Crippen LogP contribution in [0, 0.1) is 6.92 Å². The molecule has 1 aromatic rings. The molecule has 0 atom stereocenters. The molecule has 1 heterocycles. The molecule has 7 heteroatoms. The van der Waals surface area contributed by atoms with Crippen LogP contribution >= 0.6 is 11.3 Å². The number of aromatic nitrogens is 1. The number of esters is 1. The maximum Gasteiger partial charge on any atom is 0.320 e. The van der Waals surface area contributed by atoms with E-state index in [9.17, 15) is 9.59 Å². The number of hydrogen-bond acceptors (Lipinski definition) is 6. The summed E-state index contributed by atoms with van der Waals surface area (Å²) >= 11 is 1.37. The fourth-order valence-corrected chi connectivity index (χ4v) is 2.00. The van der Waals surface area contributed by atoms with Gasteiger partial charge in [-0.25, -0.2) is 4.98 Å². The molecule has 1 aromatic heterocycles. The highest BCUT2D eigenvalue weighted by Crippen LogP contribution is 2.13. The fourth-order valence-electron chi connectivity index (χ4n) is 1.30. The van der Waals surface area contributed by atoms with Crippen LogP contribution in [0.15, 0.2) is 5.38 Å². The van der Waals surface area contributed by atoms with Crippen molar-refractivity contribution in [2.24, 2.45) is 0 Å². The third-order valence-electron chi connectivity index (χ3n) is 1.98. The van der Waals surface area contributed by atoms with Crippen molar-refractivity contribution in [3.63, 3.8) is 0 Å². The lowest BCUT2D eigenvalue weighted by molar-refractivity contribution is -0.144. The number of hydrogen-bond donors (Lipinski definition) is 1. The van der Waals surface area contributed by atoms with Crippen molar-refractivity contribution in [2.75, 3.05) is 32.1 Å². The van der Waals surface area contributed by atoms with Crippen molar-refractivity contribution in [2.45, 2.75) is 13.8 Å². The van der Waals surface area contributed by atoms with E-state index in [0.717, 1.165) is 5.69 Å². The zero-order chi connectivity index (χ0) is 13.5. The molecule has 18 heavy (non-hydrogen) atoms. The molecule has 0 spiro atoms. The van der Waals surface area contributed by atoms with Crippen LogP contribution in [0.3, 0.4) is 0 Å². The van der Waals surface area contributed by atoms with Crippen LogP contribution in [-0.4, -0.2) is 48.5 Å². The van der Waals surface area contributed by atoms with Crippen LogP contribution in [0.1, 0.15) is 12.6 Å². The van der Waals surface area contributed by atoms with Gasteiger partial charge in [0.1, 0.15) is 0 Å². The van der Waals surface area contributed by atoms with Gasteiger partial charge in [-0.05, 0) is 20.9 Å². The van der Waals surface area contributed by atoms with Crippen molar-refractivity contribution < 1.29 is 14.3 Å². The Morgan fingerprint density at radius 3 is 2.78 bits per heavy atom. The zero-order valence-corrected chi connectivity index (χ0v) is 11.5. The van der Waals surface area contributed by atoms with Gasteiger partial charge in [0.05, 0.1) is 25.4 Å². The van der Waals surface area contributed by atoms with Crippen molar-refractivity contribution >= 4 is 28.3 Å². The normalized spacial score (nSPS) is 10.4. The van der Waals surface area contributed by atoms with Crippen molar-refractivity contribution in [3.05, 3.63) is 11.1 Å². The summed E-state index contributed by atoms with van der Waals surface area (Å²) < 4.78 is 4.79. The maximum absolute atomic E-state index is 11.6. The summed E-state index contributed by atoms with van der Waals surface area (Å²) in [6, 6.07) is 0. The van der Waals surface area contributed by atoms with Gasteiger partial charge in [0.15, 0.2) is 5.13 Å². The lowest BCUT2D eigenvalue weighted by Gasteiger charge is -2.14. The molecular formula is C11H17N3O3S. The van der Waals surface area contributed by atoms with Crippen molar-refractivity contribution in [1.82, 2.24) is 9.88 Å². The first-order valence-electron chi connectivity index (χ1n) is 5.57. The van der Waals surface area contributed by atoms with E-state index in [1.54, 1.807) is 18.9 Å². The van der Waals surface area contributed by atoms with Gasteiger partial charge in [-0.15, -0.1) is 11.3 Å². The Labute approximate surface area is 110 Å². The number of carbonyl (C=O) groups is 2. The number of aryl methyl sites for hydroxylation is 1. The minimum atomic E-state index is -0.335. The number of anilines is 1. The summed E-state index contributed by atoms with van der Waals surface area (Å²) in [7, 11) is 1.68. The first-order valence-corrected chi connectivity index (χ1v) is 6.45. The first kappa shape index (κ1) is 14.6. The molecule has 0 radical (unpaired) electrons. The molecule has 0 aliphatic heterocycles. The Balaban J connectivity index is 2.33. The van der Waals surface area contributed by atoms with Crippen molar-refractivity contribution in [1.29, 1.82) is 0 Å². The summed E-state index contributed by atoms with van der Waals surface area (Å²) in [6.45, 7) is 4.17. The van der Waals surface area contributed by atoms with E-state index < -0.39 is 0 Å². The minimum Gasteiger partial charge on any atom is -0.465 e. The number of nitrogens with zero attached hydrogens (tertiary/aromatic N) is 2. The summed E-state index contributed by atoms with van der Waals surface area (Å²) in [4.78, 5) is 28.5. The van der Waals surface area contributed by atoms with E-state index in [1.165, 1.54) is 11.3 Å². The molecule has 0 aromatic carbocycles. The Hall–Kier alpha value is -1.47. The van der Waals surface area contributed by atoms with Gasteiger partial charge in [0, 0.05) is 5.38 Å². The Kier molecular flexibility index (Phi) is 5.73. The molecule has 0 fully saturated rings. The lowest BCUT2D eigenvalue weighted by Crippen LogP contribution is -2.34. The maximum atomic E-state index is 11.6. The van der Waals surface area contributed by atoms with Gasteiger partial charge in [-0.1, -0.05) is 0 Å². The van der Waals surface area contributed by atoms with Crippen LogP contribution in [-0.2, 0) is 14.3 Å². The molecule has 100 valence electrons. The summed E-state index contributed by atoms with van der Waals surface area (Å²) in [5.74, 6) is -0.533. The Morgan fingerprint density at radius 1 is 1.50 bits per heavy atom. The van der Waals surface area contributed by atoms with Gasteiger partial charge in [0.2, 0.25) is 5.91 Å². The largest absolute Gasteiger partial charge is 0.465 e. The SMILES string of the molecule is CCOC(=O)CN(C)CC(=O)Nc1nc(C)cs1. The molecule has 0 aliphatic carbocycles. The van der Waals surface area contributed by atoms with E-state index in [4.69, 9.17) is 4.74 Å². The number of thiazole rings is 1.